The molecule has 1 aromatic rings. The molecule has 1 fully saturated rings. The van der Waals surface area contributed by atoms with Gasteiger partial charge in [0.2, 0.25) is 6.79 Å². The predicted octanol–water partition coefficient (Wildman–Crippen LogP) is 0.818. The first-order chi connectivity index (χ1) is 9.54. The van der Waals surface area contributed by atoms with E-state index >= 15 is 0 Å². The number of rotatable bonds is 1. The molecular formula is C12H7ClN2O5. The molecule has 0 saturated carbocycles. The van der Waals surface area contributed by atoms with E-state index in [9.17, 15) is 14.4 Å². The van der Waals surface area contributed by atoms with Gasteiger partial charge in [0, 0.05) is 6.07 Å². The summed E-state index contributed by atoms with van der Waals surface area (Å²) in [6.45, 7) is 0.0845. The topological polar surface area (TPSA) is 93.7 Å². The number of amides is 4. The zero-order valence-corrected chi connectivity index (χ0v) is 10.6. The van der Waals surface area contributed by atoms with Crippen molar-refractivity contribution in [2.24, 2.45) is 0 Å². The van der Waals surface area contributed by atoms with Gasteiger partial charge in [-0.3, -0.25) is 20.2 Å². The number of halogens is 1. The van der Waals surface area contributed by atoms with E-state index in [4.69, 9.17) is 21.1 Å². The number of ether oxygens (including phenoxy) is 2. The highest BCUT2D eigenvalue weighted by Crippen LogP contribution is 2.37. The Kier molecular flexibility index (Phi) is 2.83. The molecule has 0 bridgehead atoms. The lowest BCUT2D eigenvalue weighted by Crippen LogP contribution is -2.51. The molecule has 2 aliphatic heterocycles. The quantitative estimate of drug-likeness (QED) is 0.591. The fourth-order valence-corrected chi connectivity index (χ4v) is 2.01. The van der Waals surface area contributed by atoms with Crippen molar-refractivity contribution in [2.75, 3.05) is 6.79 Å². The Morgan fingerprint density at radius 2 is 1.65 bits per heavy atom. The highest BCUT2D eigenvalue weighted by atomic mass is 35.5. The lowest BCUT2D eigenvalue weighted by atomic mass is 10.1. The first-order valence-corrected chi connectivity index (χ1v) is 5.90. The molecule has 4 amide bonds. The molecule has 0 aromatic heterocycles. The van der Waals surface area contributed by atoms with Gasteiger partial charge in [0.15, 0.2) is 11.5 Å². The van der Waals surface area contributed by atoms with Crippen LogP contribution in [0.4, 0.5) is 4.79 Å². The number of carbonyl (C=O) groups is 3. The maximum Gasteiger partial charge on any atom is 0.328 e. The molecule has 0 atom stereocenters. The third-order valence-corrected chi connectivity index (χ3v) is 3.06. The average molecular weight is 295 g/mol. The van der Waals surface area contributed by atoms with Gasteiger partial charge in [-0.25, -0.2) is 4.79 Å². The van der Waals surface area contributed by atoms with Crippen LogP contribution in [0.25, 0.3) is 6.08 Å². The van der Waals surface area contributed by atoms with Crippen LogP contribution >= 0.6 is 11.6 Å². The summed E-state index contributed by atoms with van der Waals surface area (Å²) in [5.74, 6) is -0.612. The molecular weight excluding hydrogens is 288 g/mol. The molecule has 7 nitrogen and oxygen atoms in total. The van der Waals surface area contributed by atoms with Crippen molar-refractivity contribution in [3.63, 3.8) is 0 Å². The summed E-state index contributed by atoms with van der Waals surface area (Å²) in [6.07, 6.45) is 1.28. The van der Waals surface area contributed by atoms with Crippen LogP contribution in [0.5, 0.6) is 11.5 Å². The summed E-state index contributed by atoms with van der Waals surface area (Å²) in [4.78, 5) is 34.2. The number of benzene rings is 1. The Morgan fingerprint density at radius 1 is 1.05 bits per heavy atom. The third kappa shape index (κ3) is 2.08. The van der Waals surface area contributed by atoms with Crippen LogP contribution in [0.2, 0.25) is 5.02 Å². The minimum absolute atomic E-state index is 0.0845. The molecule has 1 aromatic carbocycles. The maximum atomic E-state index is 11.6. The van der Waals surface area contributed by atoms with Crippen molar-refractivity contribution >= 4 is 35.5 Å². The zero-order valence-electron chi connectivity index (χ0n) is 9.86. The van der Waals surface area contributed by atoms with Crippen molar-refractivity contribution in [1.29, 1.82) is 0 Å². The van der Waals surface area contributed by atoms with Gasteiger partial charge < -0.3 is 9.47 Å². The van der Waals surface area contributed by atoms with Gasteiger partial charge in [0.1, 0.15) is 5.57 Å². The Hall–Kier alpha value is -2.54. The lowest BCUT2D eigenvalue weighted by Gasteiger charge is -2.14. The Labute approximate surface area is 117 Å². The van der Waals surface area contributed by atoms with Crippen LogP contribution in [-0.4, -0.2) is 24.6 Å². The smallest absolute Gasteiger partial charge is 0.328 e. The fraction of sp³-hybridized carbons (Fsp3) is 0.0833. The second kappa shape index (κ2) is 4.53. The molecule has 0 spiro atoms. The Balaban J connectivity index is 2.01. The van der Waals surface area contributed by atoms with Gasteiger partial charge in [-0.15, -0.1) is 0 Å². The zero-order chi connectivity index (χ0) is 14.3. The number of hydrogen-bond donors (Lipinski definition) is 2. The van der Waals surface area contributed by atoms with Gasteiger partial charge >= 0.3 is 6.03 Å². The number of urea groups is 1. The van der Waals surface area contributed by atoms with E-state index < -0.39 is 17.8 Å². The molecule has 8 heteroatoms. The van der Waals surface area contributed by atoms with Crippen LogP contribution in [0.1, 0.15) is 5.56 Å². The molecule has 0 unspecified atom stereocenters. The number of imide groups is 2. The molecule has 2 heterocycles. The molecule has 1 saturated heterocycles. The Bertz CT molecular complexity index is 661. The first kappa shape index (κ1) is 12.5. The second-order valence-electron chi connectivity index (χ2n) is 4.02. The normalized spacial score (nSPS) is 16.9. The minimum Gasteiger partial charge on any atom is -0.454 e. The Morgan fingerprint density at radius 3 is 2.30 bits per heavy atom. The summed E-state index contributed by atoms with van der Waals surface area (Å²) >= 11 is 6.04. The van der Waals surface area contributed by atoms with Crippen LogP contribution in [0, 0.1) is 0 Å². The number of fused-ring (bicyclic) bond motifs is 1. The summed E-state index contributed by atoms with van der Waals surface area (Å²) in [6, 6.07) is 2.23. The number of carbonyl (C=O) groups excluding carboxylic acids is 3. The molecule has 0 aliphatic carbocycles. The van der Waals surface area contributed by atoms with E-state index in [0.29, 0.717) is 22.1 Å². The first-order valence-electron chi connectivity index (χ1n) is 5.52. The summed E-state index contributed by atoms with van der Waals surface area (Å²) in [7, 11) is 0. The van der Waals surface area contributed by atoms with E-state index in [1.165, 1.54) is 12.1 Å². The molecule has 2 aliphatic rings. The molecule has 2 N–H and O–H groups in total. The molecule has 3 rings (SSSR count). The number of hydrogen-bond acceptors (Lipinski definition) is 5. The van der Waals surface area contributed by atoms with Crippen LogP contribution in [0.15, 0.2) is 17.7 Å². The third-order valence-electron chi connectivity index (χ3n) is 2.74. The summed E-state index contributed by atoms with van der Waals surface area (Å²) in [5, 5.41) is 4.24. The van der Waals surface area contributed by atoms with E-state index in [-0.39, 0.29) is 12.4 Å². The van der Waals surface area contributed by atoms with Gasteiger partial charge in [-0.1, -0.05) is 11.6 Å². The maximum absolute atomic E-state index is 11.6. The summed E-state index contributed by atoms with van der Waals surface area (Å²) < 4.78 is 10.3. The van der Waals surface area contributed by atoms with Gasteiger partial charge in [0.05, 0.1) is 5.02 Å². The highest BCUT2D eigenvalue weighted by molar-refractivity contribution is 6.34. The van der Waals surface area contributed by atoms with E-state index in [2.05, 4.69) is 0 Å². The van der Waals surface area contributed by atoms with Crippen molar-refractivity contribution in [1.82, 2.24) is 10.6 Å². The monoisotopic (exact) mass is 294 g/mol. The van der Waals surface area contributed by atoms with Crippen molar-refractivity contribution in [3.05, 3.63) is 28.3 Å². The number of barbiturate groups is 1. The van der Waals surface area contributed by atoms with Crippen LogP contribution in [-0.2, 0) is 9.59 Å². The van der Waals surface area contributed by atoms with Crippen molar-refractivity contribution in [2.45, 2.75) is 0 Å². The minimum atomic E-state index is -0.853. The van der Waals surface area contributed by atoms with Crippen LogP contribution < -0.4 is 20.1 Å². The van der Waals surface area contributed by atoms with Crippen molar-refractivity contribution in [3.8, 4) is 11.5 Å². The molecule has 20 heavy (non-hydrogen) atoms. The fourth-order valence-electron chi connectivity index (χ4n) is 1.81. The second-order valence-corrected chi connectivity index (χ2v) is 4.43. The lowest BCUT2D eigenvalue weighted by molar-refractivity contribution is -0.123. The highest BCUT2D eigenvalue weighted by Gasteiger charge is 2.28. The molecule has 0 radical (unpaired) electrons. The summed E-state index contributed by atoms with van der Waals surface area (Å²) in [5.41, 5.74) is 0.191. The SMILES string of the molecule is O=C1NC(=O)C(=Cc2cc3c(cc2Cl)OCO3)C(=O)N1. The van der Waals surface area contributed by atoms with Gasteiger partial charge in [-0.2, -0.15) is 0 Å². The average Bonchev–Trinajstić information content (AvgIpc) is 2.80. The van der Waals surface area contributed by atoms with E-state index in [1.54, 1.807) is 6.07 Å². The van der Waals surface area contributed by atoms with E-state index in [1.807, 2.05) is 10.6 Å². The van der Waals surface area contributed by atoms with Gasteiger partial charge in [0.25, 0.3) is 11.8 Å². The standard InChI is InChI=1S/C12H7ClN2O5/c13-7-3-9-8(19-4-20-9)2-5(7)1-6-10(16)14-12(18)15-11(6)17/h1-3H,4H2,(H2,14,15,16,17,18). The van der Waals surface area contributed by atoms with Gasteiger partial charge in [-0.05, 0) is 17.7 Å². The largest absolute Gasteiger partial charge is 0.454 e. The number of nitrogens with one attached hydrogen (secondary N) is 2. The van der Waals surface area contributed by atoms with Crippen LogP contribution in [0.3, 0.4) is 0 Å². The van der Waals surface area contributed by atoms with E-state index in [0.717, 1.165) is 0 Å². The van der Waals surface area contributed by atoms with Crippen molar-refractivity contribution < 1.29 is 23.9 Å². The predicted molar refractivity (Wildman–Crippen MR) is 67.2 cm³/mol. The molecule has 102 valence electrons.